The van der Waals surface area contributed by atoms with E-state index in [1.165, 1.54) is 45.6 Å². The lowest BCUT2D eigenvalue weighted by Crippen LogP contribution is -2.43. The van der Waals surface area contributed by atoms with Gasteiger partial charge in [0.05, 0.1) is 22.1 Å². The van der Waals surface area contributed by atoms with Crippen molar-refractivity contribution in [2.24, 2.45) is 5.92 Å². The van der Waals surface area contributed by atoms with Crippen molar-refractivity contribution < 1.29 is 26.4 Å². The van der Waals surface area contributed by atoms with E-state index in [1.807, 2.05) is 0 Å². The summed E-state index contributed by atoms with van der Waals surface area (Å²) in [5.74, 6) is -1.43. The van der Waals surface area contributed by atoms with Crippen molar-refractivity contribution in [3.63, 3.8) is 0 Å². The van der Waals surface area contributed by atoms with Gasteiger partial charge in [0.2, 0.25) is 15.9 Å². The zero-order chi connectivity index (χ0) is 23.7. The van der Waals surface area contributed by atoms with E-state index in [4.69, 9.17) is 11.6 Å². The molecule has 6 nitrogen and oxygen atoms in total. The average molecular weight is 490 g/mol. The summed E-state index contributed by atoms with van der Waals surface area (Å²) in [4.78, 5) is 14.4. The lowest BCUT2D eigenvalue weighted by molar-refractivity contribution is -0.137. The van der Waals surface area contributed by atoms with Crippen LogP contribution in [0.3, 0.4) is 0 Å². The van der Waals surface area contributed by atoms with Crippen molar-refractivity contribution in [3.05, 3.63) is 53.1 Å². The Balaban J connectivity index is 1.79. The van der Waals surface area contributed by atoms with Gasteiger partial charge in [0.15, 0.2) is 0 Å². The molecule has 32 heavy (non-hydrogen) atoms. The van der Waals surface area contributed by atoms with Gasteiger partial charge in [-0.25, -0.2) is 8.42 Å². The van der Waals surface area contributed by atoms with Crippen molar-refractivity contribution in [3.8, 4) is 0 Å². The largest absolute Gasteiger partial charge is 0.418 e. The number of piperidine rings is 1. The van der Waals surface area contributed by atoms with Gasteiger partial charge < -0.3 is 10.2 Å². The van der Waals surface area contributed by atoms with Gasteiger partial charge in [-0.3, -0.25) is 4.79 Å². The summed E-state index contributed by atoms with van der Waals surface area (Å²) in [7, 11) is -0.622. The molecule has 1 aliphatic heterocycles. The molecule has 0 radical (unpaired) electrons. The normalized spacial score (nSPS) is 17.8. The molecular formula is C21H23ClF3N3O3S. The predicted molar refractivity (Wildman–Crippen MR) is 117 cm³/mol. The quantitative estimate of drug-likeness (QED) is 0.673. The van der Waals surface area contributed by atoms with Crippen LogP contribution in [0.4, 0.5) is 24.5 Å². The van der Waals surface area contributed by atoms with Crippen LogP contribution in [0.1, 0.15) is 18.4 Å². The van der Waals surface area contributed by atoms with E-state index >= 15 is 0 Å². The first-order valence-corrected chi connectivity index (χ1v) is 11.7. The summed E-state index contributed by atoms with van der Waals surface area (Å²) < 4.78 is 67.7. The van der Waals surface area contributed by atoms with Gasteiger partial charge in [0.25, 0.3) is 0 Å². The molecule has 1 amide bonds. The van der Waals surface area contributed by atoms with Crippen molar-refractivity contribution in [2.45, 2.75) is 23.9 Å². The molecule has 1 saturated heterocycles. The number of hydrogen-bond acceptors (Lipinski definition) is 4. The Morgan fingerprint density at radius 3 is 2.41 bits per heavy atom. The first kappa shape index (κ1) is 24.3. The summed E-state index contributed by atoms with van der Waals surface area (Å²) in [6.07, 6.45) is -3.88. The second-order valence-corrected chi connectivity index (χ2v) is 10.1. The zero-order valence-corrected chi connectivity index (χ0v) is 19.1. The molecule has 1 heterocycles. The summed E-state index contributed by atoms with van der Waals surface area (Å²) in [5, 5.41) is 2.75. The molecular weight excluding hydrogens is 467 g/mol. The SMILES string of the molecule is CN(C)c1ccc(NC(=O)C2CCCN(S(=O)(=O)c3ccc(Cl)cc3)C2)c(C(F)(F)F)c1. The number of nitrogens with one attached hydrogen (secondary N) is 1. The third-order valence-electron chi connectivity index (χ3n) is 5.29. The Morgan fingerprint density at radius 1 is 1.16 bits per heavy atom. The van der Waals surface area contributed by atoms with Crippen LogP contribution in [0.2, 0.25) is 5.02 Å². The molecule has 2 aromatic carbocycles. The van der Waals surface area contributed by atoms with Crippen LogP contribution in [0.15, 0.2) is 47.4 Å². The Kier molecular flexibility index (Phi) is 7.06. The molecule has 0 bridgehead atoms. The molecule has 0 spiro atoms. The van der Waals surface area contributed by atoms with Crippen LogP contribution in [0.5, 0.6) is 0 Å². The zero-order valence-electron chi connectivity index (χ0n) is 17.5. The second-order valence-electron chi connectivity index (χ2n) is 7.77. The standard InChI is InChI=1S/C21H23ClF3N3O3S/c1-27(2)16-7-10-19(18(12-16)21(23,24)25)26-20(29)14-4-3-11-28(13-14)32(30,31)17-8-5-15(22)6-9-17/h5-10,12,14H,3-4,11,13H2,1-2H3,(H,26,29). The van der Waals surface area contributed by atoms with Gasteiger partial charge in [0.1, 0.15) is 0 Å². The van der Waals surface area contributed by atoms with Crippen LogP contribution in [0, 0.1) is 5.92 Å². The van der Waals surface area contributed by atoms with E-state index < -0.39 is 33.6 Å². The number of amides is 1. The Morgan fingerprint density at radius 2 is 1.81 bits per heavy atom. The number of carbonyl (C=O) groups excluding carboxylic acids is 1. The number of sulfonamides is 1. The molecule has 3 rings (SSSR count). The maximum absolute atomic E-state index is 13.6. The number of nitrogens with zero attached hydrogens (tertiary/aromatic N) is 2. The highest BCUT2D eigenvalue weighted by atomic mass is 35.5. The third-order valence-corrected chi connectivity index (χ3v) is 7.42. The summed E-state index contributed by atoms with van der Waals surface area (Å²) in [6.45, 7) is 0.105. The van der Waals surface area contributed by atoms with Gasteiger partial charge in [-0.1, -0.05) is 11.6 Å². The molecule has 1 fully saturated rings. The number of halogens is 4. The number of carbonyl (C=O) groups is 1. The van der Waals surface area contributed by atoms with Crippen molar-refractivity contribution in [1.29, 1.82) is 0 Å². The van der Waals surface area contributed by atoms with E-state index in [9.17, 15) is 26.4 Å². The first-order chi connectivity index (χ1) is 14.9. The van der Waals surface area contributed by atoms with Crippen LogP contribution in [-0.2, 0) is 21.0 Å². The van der Waals surface area contributed by atoms with Gasteiger partial charge in [-0.2, -0.15) is 17.5 Å². The molecule has 174 valence electrons. The van der Waals surface area contributed by atoms with Gasteiger partial charge in [0, 0.05) is 37.9 Å². The number of alkyl halides is 3. The van der Waals surface area contributed by atoms with Gasteiger partial charge >= 0.3 is 6.18 Å². The van der Waals surface area contributed by atoms with E-state index in [0.29, 0.717) is 23.6 Å². The maximum atomic E-state index is 13.6. The Labute approximate surface area is 190 Å². The van der Waals surface area contributed by atoms with Gasteiger partial charge in [-0.15, -0.1) is 0 Å². The van der Waals surface area contributed by atoms with E-state index in [2.05, 4.69) is 5.32 Å². The fourth-order valence-corrected chi connectivity index (χ4v) is 5.17. The Bertz CT molecular complexity index is 1090. The van der Waals surface area contributed by atoms with Crippen LogP contribution < -0.4 is 10.2 Å². The van der Waals surface area contributed by atoms with Crippen molar-refractivity contribution in [1.82, 2.24) is 4.31 Å². The molecule has 11 heteroatoms. The van der Waals surface area contributed by atoms with E-state index in [0.717, 1.165) is 6.07 Å². The third kappa shape index (κ3) is 5.36. The molecule has 0 aromatic heterocycles. The van der Waals surface area contributed by atoms with Crippen molar-refractivity contribution in [2.75, 3.05) is 37.4 Å². The molecule has 1 unspecified atom stereocenters. The molecule has 0 saturated carbocycles. The summed E-state index contributed by atoms with van der Waals surface area (Å²) in [6, 6.07) is 9.32. The highest BCUT2D eigenvalue weighted by molar-refractivity contribution is 7.89. The smallest absolute Gasteiger partial charge is 0.378 e. The van der Waals surface area contributed by atoms with Crippen LogP contribution in [-0.4, -0.2) is 45.8 Å². The number of anilines is 2. The fraction of sp³-hybridized carbons (Fsp3) is 0.381. The van der Waals surface area contributed by atoms with E-state index in [-0.39, 0.29) is 23.7 Å². The second kappa shape index (κ2) is 9.29. The van der Waals surface area contributed by atoms with E-state index in [1.54, 1.807) is 14.1 Å². The molecule has 0 aliphatic carbocycles. The number of rotatable bonds is 5. The molecule has 1 atom stereocenters. The first-order valence-electron chi connectivity index (χ1n) is 9.85. The highest BCUT2D eigenvalue weighted by Crippen LogP contribution is 2.37. The number of benzene rings is 2. The van der Waals surface area contributed by atoms with Crippen molar-refractivity contribution >= 4 is 38.9 Å². The fourth-order valence-electron chi connectivity index (χ4n) is 3.52. The number of hydrogen-bond donors (Lipinski definition) is 1. The summed E-state index contributed by atoms with van der Waals surface area (Å²) in [5.41, 5.74) is -0.975. The summed E-state index contributed by atoms with van der Waals surface area (Å²) >= 11 is 5.82. The molecule has 2 aromatic rings. The monoisotopic (exact) mass is 489 g/mol. The van der Waals surface area contributed by atoms with Gasteiger partial charge in [-0.05, 0) is 55.3 Å². The lowest BCUT2D eigenvalue weighted by Gasteiger charge is -2.31. The minimum Gasteiger partial charge on any atom is -0.378 e. The Hall–Kier alpha value is -2.30. The predicted octanol–water partition coefficient (Wildman–Crippen LogP) is 4.46. The lowest BCUT2D eigenvalue weighted by atomic mass is 9.98. The van der Waals surface area contributed by atoms with Crippen LogP contribution in [0.25, 0.3) is 0 Å². The molecule has 1 aliphatic rings. The topological polar surface area (TPSA) is 69.7 Å². The average Bonchev–Trinajstić information content (AvgIpc) is 2.73. The van der Waals surface area contributed by atoms with Crippen LogP contribution >= 0.6 is 11.6 Å². The maximum Gasteiger partial charge on any atom is 0.418 e. The minimum absolute atomic E-state index is 0.0431. The minimum atomic E-state index is -4.66. The molecule has 1 N–H and O–H groups in total. The highest BCUT2D eigenvalue weighted by Gasteiger charge is 2.37.